The zero-order valence-corrected chi connectivity index (χ0v) is 22.2. The lowest BCUT2D eigenvalue weighted by Crippen LogP contribution is -2.44. The summed E-state index contributed by atoms with van der Waals surface area (Å²) in [7, 11) is 1.57. The number of amidine groups is 1. The third-order valence-electron chi connectivity index (χ3n) is 5.34. The standard InChI is InChI=1S/C26H21Cl2F2N3O4S/c1-36-20-10-2-16(3-11-20)15-33-23(34)14-22(38-25(33)32-19-6-4-17(27)5-7-19)24(35)31-18-8-12-21(13-9-18)37-26(28,29)30/h2-13,22H,14-15H2,1H3,(H,31,35)/t22-/m0/s1. The molecule has 1 saturated heterocycles. The first-order valence-electron chi connectivity index (χ1n) is 11.2. The van der Waals surface area contributed by atoms with Crippen molar-refractivity contribution in [1.29, 1.82) is 0 Å². The molecule has 1 aliphatic heterocycles. The van der Waals surface area contributed by atoms with Crippen LogP contribution in [0.1, 0.15) is 12.0 Å². The molecule has 4 rings (SSSR count). The zero-order chi connectivity index (χ0) is 27.3. The quantitative estimate of drug-likeness (QED) is 0.301. The van der Waals surface area contributed by atoms with Crippen LogP contribution in [0.25, 0.3) is 0 Å². The van der Waals surface area contributed by atoms with Crippen LogP contribution in [0.2, 0.25) is 5.02 Å². The van der Waals surface area contributed by atoms with E-state index in [4.69, 9.17) is 27.9 Å². The van der Waals surface area contributed by atoms with Crippen LogP contribution in [0.4, 0.5) is 20.2 Å². The molecule has 0 spiro atoms. The zero-order valence-electron chi connectivity index (χ0n) is 19.9. The van der Waals surface area contributed by atoms with Crippen molar-refractivity contribution in [2.45, 2.75) is 23.8 Å². The number of nitrogens with one attached hydrogen (secondary N) is 1. The van der Waals surface area contributed by atoms with Gasteiger partial charge in [0, 0.05) is 28.7 Å². The molecule has 3 aromatic rings. The van der Waals surface area contributed by atoms with Crippen LogP contribution in [0.5, 0.6) is 11.5 Å². The molecule has 1 aliphatic rings. The summed E-state index contributed by atoms with van der Waals surface area (Å²) in [4.78, 5) is 32.4. The molecule has 0 aromatic heterocycles. The summed E-state index contributed by atoms with van der Waals surface area (Å²) >= 11 is 11.9. The Bertz CT molecular complexity index is 1320. The van der Waals surface area contributed by atoms with Crippen LogP contribution < -0.4 is 14.8 Å². The fourth-order valence-corrected chi connectivity index (χ4v) is 4.81. The molecule has 1 atom stereocenters. The predicted octanol–water partition coefficient (Wildman–Crippen LogP) is 6.68. The Kier molecular flexibility index (Phi) is 8.76. The molecular weight excluding hydrogens is 559 g/mol. The Labute approximate surface area is 231 Å². The van der Waals surface area contributed by atoms with E-state index in [2.05, 4.69) is 15.0 Å². The number of hydrogen-bond acceptors (Lipinski definition) is 6. The highest BCUT2D eigenvalue weighted by atomic mass is 35.5. The van der Waals surface area contributed by atoms with Crippen LogP contribution in [0.3, 0.4) is 0 Å². The second-order valence-electron chi connectivity index (χ2n) is 8.07. The van der Waals surface area contributed by atoms with Crippen LogP contribution in [-0.4, -0.2) is 39.8 Å². The fraction of sp³-hybridized carbons (Fsp3) is 0.192. The summed E-state index contributed by atoms with van der Waals surface area (Å²) in [5.74, 6) is -0.194. The van der Waals surface area contributed by atoms with Gasteiger partial charge in [0.2, 0.25) is 11.8 Å². The predicted molar refractivity (Wildman–Crippen MR) is 145 cm³/mol. The first-order chi connectivity index (χ1) is 18.1. The molecule has 1 N–H and O–H groups in total. The van der Waals surface area contributed by atoms with E-state index in [0.29, 0.717) is 27.3 Å². The van der Waals surface area contributed by atoms with Crippen molar-refractivity contribution >= 4 is 63.3 Å². The minimum Gasteiger partial charge on any atom is -0.497 e. The van der Waals surface area contributed by atoms with Crippen molar-refractivity contribution < 1.29 is 27.8 Å². The second kappa shape index (κ2) is 12.0. The smallest absolute Gasteiger partial charge is 0.487 e. The van der Waals surface area contributed by atoms with Gasteiger partial charge in [-0.3, -0.25) is 14.5 Å². The van der Waals surface area contributed by atoms with E-state index in [9.17, 15) is 18.4 Å². The molecule has 3 aromatic carbocycles. The normalized spacial score (nSPS) is 16.9. The maximum absolute atomic E-state index is 13.2. The second-order valence-corrected chi connectivity index (χ2v) is 10.1. The number of carbonyl (C=O) groups is 2. The Hall–Kier alpha value is -3.34. The average molecular weight is 580 g/mol. The van der Waals surface area contributed by atoms with E-state index in [-0.39, 0.29) is 24.6 Å². The highest BCUT2D eigenvalue weighted by Crippen LogP contribution is 2.32. The Morgan fingerprint density at radius 1 is 1.08 bits per heavy atom. The van der Waals surface area contributed by atoms with Gasteiger partial charge in [-0.25, -0.2) is 4.99 Å². The number of rotatable bonds is 8. The van der Waals surface area contributed by atoms with Gasteiger partial charge in [0.15, 0.2) is 5.17 Å². The SMILES string of the molecule is COc1ccc(CN2C(=O)C[C@@H](C(=O)Nc3ccc(OC(F)(F)Cl)cc3)SC2=Nc2ccc(Cl)cc2)cc1. The van der Waals surface area contributed by atoms with Gasteiger partial charge < -0.3 is 14.8 Å². The number of anilines is 1. The van der Waals surface area contributed by atoms with Gasteiger partial charge in [-0.05, 0) is 66.2 Å². The average Bonchev–Trinajstić information content (AvgIpc) is 2.88. The monoisotopic (exact) mass is 579 g/mol. The molecule has 12 heteroatoms. The number of benzene rings is 3. The minimum absolute atomic E-state index is 0.0635. The van der Waals surface area contributed by atoms with Crippen LogP contribution in [0, 0.1) is 0 Å². The third kappa shape index (κ3) is 7.59. The molecule has 7 nitrogen and oxygen atoms in total. The number of hydrogen-bond donors (Lipinski definition) is 1. The number of ether oxygens (including phenoxy) is 2. The van der Waals surface area contributed by atoms with Crippen LogP contribution in [0.15, 0.2) is 77.8 Å². The van der Waals surface area contributed by atoms with E-state index in [1.165, 1.54) is 29.2 Å². The number of thioether (sulfide) groups is 1. The van der Waals surface area contributed by atoms with Gasteiger partial charge in [0.25, 0.3) is 0 Å². The maximum atomic E-state index is 13.2. The lowest BCUT2D eigenvalue weighted by molar-refractivity contribution is -0.129. The minimum atomic E-state index is -3.85. The lowest BCUT2D eigenvalue weighted by Gasteiger charge is -2.32. The number of nitrogens with zero attached hydrogens (tertiary/aromatic N) is 2. The molecule has 2 amide bonds. The number of halogens is 4. The van der Waals surface area contributed by atoms with Crippen molar-refractivity contribution in [3.05, 3.63) is 83.4 Å². The van der Waals surface area contributed by atoms with Gasteiger partial charge in [-0.15, -0.1) is 8.78 Å². The van der Waals surface area contributed by atoms with Gasteiger partial charge >= 0.3 is 5.57 Å². The molecule has 0 aliphatic carbocycles. The molecular formula is C26H21Cl2F2N3O4S. The number of carbonyl (C=O) groups excluding carboxylic acids is 2. The summed E-state index contributed by atoms with van der Waals surface area (Å²) < 4.78 is 35.1. The van der Waals surface area contributed by atoms with Gasteiger partial charge in [-0.1, -0.05) is 35.5 Å². The highest BCUT2D eigenvalue weighted by molar-refractivity contribution is 8.15. The Morgan fingerprint density at radius 2 is 1.71 bits per heavy atom. The van der Waals surface area contributed by atoms with E-state index in [0.717, 1.165) is 17.3 Å². The van der Waals surface area contributed by atoms with Gasteiger partial charge in [0.1, 0.15) is 16.7 Å². The van der Waals surface area contributed by atoms with Gasteiger partial charge in [-0.2, -0.15) is 0 Å². The van der Waals surface area contributed by atoms with E-state index in [1.54, 1.807) is 43.5 Å². The van der Waals surface area contributed by atoms with E-state index in [1.807, 2.05) is 12.1 Å². The topological polar surface area (TPSA) is 80.2 Å². The molecule has 0 unspecified atom stereocenters. The summed E-state index contributed by atoms with van der Waals surface area (Å²) in [6.07, 6.45) is -0.0635. The number of alkyl halides is 3. The summed E-state index contributed by atoms with van der Waals surface area (Å²) in [5, 5.41) is 2.82. The fourth-order valence-electron chi connectivity index (χ4n) is 3.50. The van der Waals surface area contributed by atoms with Crippen molar-refractivity contribution in [1.82, 2.24) is 4.90 Å². The number of methoxy groups -OCH3 is 1. The molecule has 1 heterocycles. The van der Waals surface area contributed by atoms with Crippen molar-refractivity contribution in [2.24, 2.45) is 4.99 Å². The molecule has 0 bridgehead atoms. The molecule has 198 valence electrons. The van der Waals surface area contributed by atoms with Crippen molar-refractivity contribution in [3.8, 4) is 11.5 Å². The molecule has 0 saturated carbocycles. The summed E-state index contributed by atoms with van der Waals surface area (Å²) in [5.41, 5.74) is -2.08. The van der Waals surface area contributed by atoms with Crippen LogP contribution >= 0.6 is 35.0 Å². The summed E-state index contributed by atoms with van der Waals surface area (Å²) in [6.45, 7) is 0.253. The molecule has 0 radical (unpaired) electrons. The first-order valence-corrected chi connectivity index (χ1v) is 12.8. The highest BCUT2D eigenvalue weighted by Gasteiger charge is 2.36. The van der Waals surface area contributed by atoms with Crippen LogP contribution in [-0.2, 0) is 16.1 Å². The third-order valence-corrected chi connectivity index (χ3v) is 6.86. The van der Waals surface area contributed by atoms with E-state index >= 15 is 0 Å². The number of amides is 2. The number of aliphatic imine (C=N–C) groups is 1. The molecule has 1 fully saturated rings. The Balaban J connectivity index is 1.53. The largest absolute Gasteiger partial charge is 0.497 e. The maximum Gasteiger partial charge on any atom is 0.487 e. The van der Waals surface area contributed by atoms with E-state index < -0.39 is 16.7 Å². The van der Waals surface area contributed by atoms with Gasteiger partial charge in [0.05, 0.1) is 19.3 Å². The van der Waals surface area contributed by atoms with Crippen molar-refractivity contribution in [3.63, 3.8) is 0 Å². The summed E-state index contributed by atoms with van der Waals surface area (Å²) in [6, 6.07) is 19.4. The van der Waals surface area contributed by atoms with Crippen molar-refractivity contribution in [2.75, 3.05) is 12.4 Å². The first kappa shape index (κ1) is 27.7. The lowest BCUT2D eigenvalue weighted by atomic mass is 10.2. The molecule has 38 heavy (non-hydrogen) atoms. The Morgan fingerprint density at radius 3 is 2.32 bits per heavy atom.